The number of carbonyl (C=O) groups excluding carboxylic acids is 3. The van der Waals surface area contributed by atoms with Crippen molar-refractivity contribution in [3.05, 3.63) is 156 Å². The Hall–Kier alpha value is -5.58. The Balaban J connectivity index is 1.18. The van der Waals surface area contributed by atoms with Crippen molar-refractivity contribution in [3.63, 3.8) is 0 Å². The van der Waals surface area contributed by atoms with Gasteiger partial charge >= 0.3 is 0 Å². The lowest BCUT2D eigenvalue weighted by molar-refractivity contribution is -0.116. The van der Waals surface area contributed by atoms with Gasteiger partial charge in [0.25, 0.3) is 11.8 Å². The molecule has 0 bridgehead atoms. The number of anilines is 2. The maximum atomic E-state index is 13.6. The number of nitrogens with zero attached hydrogens (tertiary/aromatic N) is 2. The first-order chi connectivity index (χ1) is 22.9. The SMILES string of the molecule is Cc1ccc2nc(NC(=O)C(Sc3ccc(NC(=O)/C(=C/c4cccnc4)NC(=O)c4ccccc4)cc3)c3ccccc3)sc2c1. The summed E-state index contributed by atoms with van der Waals surface area (Å²) in [4.78, 5) is 49.5. The molecule has 0 radical (unpaired) electrons. The predicted octanol–water partition coefficient (Wildman–Crippen LogP) is 7.88. The molecule has 1 unspecified atom stereocenters. The molecule has 0 spiro atoms. The number of hydrogen-bond acceptors (Lipinski definition) is 7. The van der Waals surface area contributed by atoms with Crippen LogP contribution >= 0.6 is 23.1 Å². The summed E-state index contributed by atoms with van der Waals surface area (Å²) in [7, 11) is 0. The topological polar surface area (TPSA) is 113 Å². The van der Waals surface area contributed by atoms with E-state index in [9.17, 15) is 14.4 Å². The van der Waals surface area contributed by atoms with E-state index in [2.05, 4.69) is 32.0 Å². The van der Waals surface area contributed by atoms with Crippen molar-refractivity contribution in [2.75, 3.05) is 10.6 Å². The molecular weight excluding hydrogens is 627 g/mol. The molecule has 0 aliphatic heterocycles. The first-order valence-electron chi connectivity index (χ1n) is 14.7. The Morgan fingerprint density at radius 1 is 0.830 bits per heavy atom. The Bertz CT molecular complexity index is 2050. The van der Waals surface area contributed by atoms with Gasteiger partial charge in [-0.05, 0) is 84.3 Å². The molecule has 0 aliphatic rings. The zero-order chi connectivity index (χ0) is 32.6. The maximum absolute atomic E-state index is 13.6. The van der Waals surface area contributed by atoms with E-state index in [4.69, 9.17) is 0 Å². The highest BCUT2D eigenvalue weighted by Crippen LogP contribution is 2.37. The van der Waals surface area contributed by atoms with E-state index in [0.29, 0.717) is 21.9 Å². The summed E-state index contributed by atoms with van der Waals surface area (Å²) in [5.74, 6) is -1.09. The van der Waals surface area contributed by atoms with Crippen LogP contribution in [0.5, 0.6) is 0 Å². The van der Waals surface area contributed by atoms with Crippen molar-refractivity contribution in [1.29, 1.82) is 0 Å². The second kappa shape index (κ2) is 14.7. The summed E-state index contributed by atoms with van der Waals surface area (Å²) in [6.45, 7) is 2.03. The fourth-order valence-corrected chi connectivity index (χ4v) is 6.67. The number of aryl methyl sites for hydroxylation is 1. The van der Waals surface area contributed by atoms with Crippen LogP contribution in [-0.2, 0) is 9.59 Å². The standard InChI is InChI=1S/C37H29N5O3S2/c1-24-14-19-30-32(21-24)47-37(41-30)42-36(45)33(26-10-4-2-5-11-26)46-29-17-15-28(16-18-29)39-35(44)31(22-25-9-8-20-38-23-25)40-34(43)27-12-6-3-7-13-27/h2-23,33H,1H3,(H,39,44)(H,40,43)(H,41,42,45)/b31-22-. The van der Waals surface area contributed by atoms with Crippen LogP contribution in [0.2, 0.25) is 0 Å². The molecule has 10 heteroatoms. The number of benzene rings is 4. The van der Waals surface area contributed by atoms with Crippen molar-refractivity contribution >= 4 is 67.9 Å². The number of thiazole rings is 1. The third-order valence-electron chi connectivity index (χ3n) is 7.00. The molecule has 0 aliphatic carbocycles. The van der Waals surface area contributed by atoms with E-state index in [1.165, 1.54) is 23.1 Å². The lowest BCUT2D eigenvalue weighted by Gasteiger charge is -2.16. The molecule has 6 rings (SSSR count). The zero-order valence-electron chi connectivity index (χ0n) is 25.2. The summed E-state index contributed by atoms with van der Waals surface area (Å²) < 4.78 is 1.01. The molecule has 47 heavy (non-hydrogen) atoms. The van der Waals surface area contributed by atoms with Crippen molar-refractivity contribution in [3.8, 4) is 0 Å². The highest BCUT2D eigenvalue weighted by atomic mass is 32.2. The minimum atomic E-state index is -0.549. The fraction of sp³-hybridized carbons (Fsp3) is 0.0541. The lowest BCUT2D eigenvalue weighted by atomic mass is 10.1. The quantitative estimate of drug-likeness (QED) is 0.102. The molecule has 6 aromatic rings. The first-order valence-corrected chi connectivity index (χ1v) is 16.4. The van der Waals surface area contributed by atoms with Crippen molar-refractivity contribution in [2.45, 2.75) is 17.1 Å². The van der Waals surface area contributed by atoms with Gasteiger partial charge in [-0.25, -0.2) is 4.98 Å². The van der Waals surface area contributed by atoms with Crippen LogP contribution < -0.4 is 16.0 Å². The number of thioether (sulfide) groups is 1. The van der Waals surface area contributed by atoms with Gasteiger partial charge in [0.05, 0.1) is 10.2 Å². The average molecular weight is 656 g/mol. The van der Waals surface area contributed by atoms with Gasteiger partial charge in [-0.15, -0.1) is 11.8 Å². The molecule has 3 N–H and O–H groups in total. The van der Waals surface area contributed by atoms with E-state index < -0.39 is 17.1 Å². The Labute approximate surface area is 280 Å². The molecular formula is C37H29N5O3S2. The van der Waals surface area contributed by atoms with Crippen LogP contribution in [0.25, 0.3) is 16.3 Å². The van der Waals surface area contributed by atoms with E-state index in [-0.39, 0.29) is 11.6 Å². The van der Waals surface area contributed by atoms with E-state index in [0.717, 1.165) is 26.2 Å². The fourth-order valence-electron chi connectivity index (χ4n) is 4.68. The molecule has 8 nitrogen and oxygen atoms in total. The Morgan fingerprint density at radius 2 is 1.57 bits per heavy atom. The Morgan fingerprint density at radius 3 is 2.30 bits per heavy atom. The lowest BCUT2D eigenvalue weighted by Crippen LogP contribution is -2.30. The van der Waals surface area contributed by atoms with Crippen molar-refractivity contribution in [1.82, 2.24) is 15.3 Å². The molecule has 2 heterocycles. The second-order valence-electron chi connectivity index (χ2n) is 10.5. The highest BCUT2D eigenvalue weighted by Gasteiger charge is 2.23. The summed E-state index contributed by atoms with van der Waals surface area (Å²) in [5.41, 5.74) is 4.50. The second-order valence-corrected chi connectivity index (χ2v) is 12.7. The molecule has 3 amide bonds. The normalized spacial score (nSPS) is 11.9. The van der Waals surface area contributed by atoms with Crippen molar-refractivity contribution < 1.29 is 14.4 Å². The summed E-state index contributed by atoms with van der Waals surface area (Å²) >= 11 is 2.84. The number of carbonyl (C=O) groups is 3. The predicted molar refractivity (Wildman–Crippen MR) is 189 cm³/mol. The van der Waals surface area contributed by atoms with E-state index >= 15 is 0 Å². The molecule has 0 saturated heterocycles. The minimum Gasteiger partial charge on any atom is -0.321 e. The molecule has 1 atom stereocenters. The number of amides is 3. The van der Waals surface area contributed by atoms with Gasteiger partial charge in [0.15, 0.2) is 5.13 Å². The number of pyridine rings is 1. The number of nitrogens with one attached hydrogen (secondary N) is 3. The monoisotopic (exact) mass is 655 g/mol. The van der Waals surface area contributed by atoms with Crippen LogP contribution in [0.3, 0.4) is 0 Å². The van der Waals surface area contributed by atoms with Crippen LogP contribution in [0, 0.1) is 6.92 Å². The summed E-state index contributed by atoms with van der Waals surface area (Å²) in [5, 5.41) is 8.61. The van der Waals surface area contributed by atoms with Gasteiger partial charge in [0, 0.05) is 28.5 Å². The highest BCUT2D eigenvalue weighted by molar-refractivity contribution is 8.00. The average Bonchev–Trinajstić information content (AvgIpc) is 3.50. The number of rotatable bonds is 10. The van der Waals surface area contributed by atoms with Gasteiger partial charge in [0.2, 0.25) is 5.91 Å². The van der Waals surface area contributed by atoms with Gasteiger partial charge in [-0.3, -0.25) is 19.4 Å². The molecule has 2 aromatic heterocycles. The van der Waals surface area contributed by atoms with Crippen molar-refractivity contribution in [2.24, 2.45) is 0 Å². The van der Waals surface area contributed by atoms with Crippen LogP contribution in [0.1, 0.15) is 32.3 Å². The van der Waals surface area contributed by atoms with Gasteiger partial charge in [0.1, 0.15) is 10.9 Å². The number of aromatic nitrogens is 2. The van der Waals surface area contributed by atoms with Gasteiger partial charge in [-0.2, -0.15) is 0 Å². The van der Waals surface area contributed by atoms with E-state index in [1.807, 2.05) is 67.6 Å². The van der Waals surface area contributed by atoms with Gasteiger partial charge in [-0.1, -0.05) is 72.0 Å². The number of fused-ring (bicyclic) bond motifs is 1. The molecule has 0 saturated carbocycles. The first kappa shape index (κ1) is 31.4. The molecule has 232 valence electrons. The maximum Gasteiger partial charge on any atom is 0.272 e. The van der Waals surface area contributed by atoms with Gasteiger partial charge < -0.3 is 16.0 Å². The van der Waals surface area contributed by atoms with Crippen LogP contribution in [-0.4, -0.2) is 27.7 Å². The largest absolute Gasteiger partial charge is 0.321 e. The third-order valence-corrected chi connectivity index (χ3v) is 9.20. The van der Waals surface area contributed by atoms with Crippen LogP contribution in [0.15, 0.2) is 138 Å². The summed E-state index contributed by atoms with van der Waals surface area (Å²) in [6.07, 6.45) is 4.81. The summed E-state index contributed by atoms with van der Waals surface area (Å²) in [6, 6.07) is 35.0. The minimum absolute atomic E-state index is 0.0659. The van der Waals surface area contributed by atoms with Crippen LogP contribution in [0.4, 0.5) is 10.8 Å². The number of hydrogen-bond donors (Lipinski definition) is 3. The molecule has 0 fully saturated rings. The third kappa shape index (κ3) is 8.18. The zero-order valence-corrected chi connectivity index (χ0v) is 26.8. The Kier molecular flexibility index (Phi) is 9.81. The molecule has 4 aromatic carbocycles. The van der Waals surface area contributed by atoms with E-state index in [1.54, 1.807) is 67.0 Å². The smallest absolute Gasteiger partial charge is 0.272 e.